The number of primary sulfonamides is 1. The lowest BCUT2D eigenvalue weighted by molar-refractivity contribution is -0.116. The van der Waals surface area contributed by atoms with Gasteiger partial charge in [0.15, 0.2) is 0 Å². The number of aromatic nitrogens is 1. The molecule has 0 radical (unpaired) electrons. The molecular formula is C19H16N6O4S2. The first-order chi connectivity index (χ1) is 14.7. The molecule has 31 heavy (non-hydrogen) atoms. The summed E-state index contributed by atoms with van der Waals surface area (Å²) in [6, 6.07) is 7.61. The van der Waals surface area contributed by atoms with E-state index in [0.717, 1.165) is 11.3 Å². The summed E-state index contributed by atoms with van der Waals surface area (Å²) in [7, 11) is -3.84. The zero-order chi connectivity index (χ0) is 22.3. The second-order valence-corrected chi connectivity index (χ2v) is 9.45. The molecule has 12 heteroatoms. The third-order valence-corrected chi connectivity index (χ3v) is 6.66. The smallest absolute Gasteiger partial charge is 0.238 e. The molecular weight excluding hydrogens is 440 g/mol. The Bertz CT molecular complexity index is 1400. The lowest BCUT2D eigenvalue weighted by atomic mass is 9.96. The van der Waals surface area contributed by atoms with E-state index in [1.807, 2.05) is 6.07 Å². The quantitative estimate of drug-likeness (QED) is 0.575. The molecule has 3 aromatic rings. The van der Waals surface area contributed by atoms with Crippen molar-refractivity contribution >= 4 is 54.0 Å². The SMILES string of the molecule is CC(=O)N1CCCc2c(O)c(C#N)cc(N=Nc3nc4ccc(S(N)(=O)=O)cc4s3)c21. The topological polar surface area (TPSA) is 162 Å². The molecule has 2 heterocycles. The highest BCUT2D eigenvalue weighted by atomic mass is 32.2. The molecule has 3 N–H and O–H groups in total. The number of nitrogens with two attached hydrogens (primary N) is 1. The second-order valence-electron chi connectivity index (χ2n) is 6.88. The lowest BCUT2D eigenvalue weighted by Crippen LogP contribution is -2.33. The summed E-state index contributed by atoms with van der Waals surface area (Å²) in [6.07, 6.45) is 1.15. The molecule has 0 saturated carbocycles. The Morgan fingerprint density at radius 3 is 2.81 bits per heavy atom. The molecule has 158 valence electrons. The third-order valence-electron chi connectivity index (χ3n) is 4.85. The van der Waals surface area contributed by atoms with E-state index in [1.165, 1.54) is 36.1 Å². The van der Waals surface area contributed by atoms with Gasteiger partial charge in [0.25, 0.3) is 0 Å². The van der Waals surface area contributed by atoms with E-state index >= 15 is 0 Å². The second kappa shape index (κ2) is 7.69. The number of nitriles is 1. The largest absolute Gasteiger partial charge is 0.506 e. The maximum absolute atomic E-state index is 12.1. The zero-order valence-corrected chi connectivity index (χ0v) is 17.9. The normalized spacial score (nSPS) is 14.0. The monoisotopic (exact) mass is 456 g/mol. The number of sulfonamides is 1. The average molecular weight is 457 g/mol. The molecule has 1 aliphatic rings. The van der Waals surface area contributed by atoms with Crippen LogP contribution in [0, 0.1) is 11.3 Å². The van der Waals surface area contributed by atoms with Crippen LogP contribution in [0.15, 0.2) is 39.4 Å². The molecule has 0 saturated heterocycles. The summed E-state index contributed by atoms with van der Waals surface area (Å²) in [4.78, 5) is 17.9. The predicted molar refractivity (Wildman–Crippen MR) is 114 cm³/mol. The highest BCUT2D eigenvalue weighted by molar-refractivity contribution is 7.89. The van der Waals surface area contributed by atoms with Crippen molar-refractivity contribution in [3.8, 4) is 11.8 Å². The number of hydrogen-bond acceptors (Lipinski definition) is 9. The van der Waals surface area contributed by atoms with E-state index < -0.39 is 10.0 Å². The van der Waals surface area contributed by atoms with Crippen LogP contribution in [0.3, 0.4) is 0 Å². The third kappa shape index (κ3) is 3.86. The Labute approximate surface area is 181 Å². The summed E-state index contributed by atoms with van der Waals surface area (Å²) in [5, 5.41) is 33.6. The minimum Gasteiger partial charge on any atom is -0.506 e. The number of amides is 1. The predicted octanol–water partition coefficient (Wildman–Crippen LogP) is 3.24. The van der Waals surface area contributed by atoms with Gasteiger partial charge < -0.3 is 10.0 Å². The van der Waals surface area contributed by atoms with Crippen LogP contribution in [-0.2, 0) is 21.2 Å². The van der Waals surface area contributed by atoms with Crippen molar-refractivity contribution in [3.05, 3.63) is 35.4 Å². The van der Waals surface area contributed by atoms with Crippen molar-refractivity contribution in [3.63, 3.8) is 0 Å². The van der Waals surface area contributed by atoms with E-state index in [9.17, 15) is 23.6 Å². The Hall–Kier alpha value is -3.40. The highest BCUT2D eigenvalue weighted by Crippen LogP contribution is 2.44. The van der Waals surface area contributed by atoms with Gasteiger partial charge in [-0.1, -0.05) is 11.3 Å². The van der Waals surface area contributed by atoms with Gasteiger partial charge in [-0.05, 0) is 37.1 Å². The van der Waals surface area contributed by atoms with Crippen LogP contribution in [-0.4, -0.2) is 31.0 Å². The van der Waals surface area contributed by atoms with Crippen molar-refractivity contribution in [2.24, 2.45) is 15.4 Å². The Balaban J connectivity index is 1.80. The number of aromatic hydroxyl groups is 1. The number of carbonyl (C=O) groups is 1. The van der Waals surface area contributed by atoms with Crippen LogP contribution in [0.2, 0.25) is 0 Å². The van der Waals surface area contributed by atoms with Crippen molar-refractivity contribution in [2.75, 3.05) is 11.4 Å². The van der Waals surface area contributed by atoms with Gasteiger partial charge in [0.2, 0.25) is 21.1 Å². The molecule has 0 unspecified atom stereocenters. The Morgan fingerprint density at radius 1 is 1.35 bits per heavy atom. The van der Waals surface area contributed by atoms with Crippen LogP contribution in [0.25, 0.3) is 10.2 Å². The molecule has 0 fully saturated rings. The Kier molecular flexibility index (Phi) is 5.18. The van der Waals surface area contributed by atoms with E-state index in [2.05, 4.69) is 15.2 Å². The van der Waals surface area contributed by atoms with Gasteiger partial charge in [0.1, 0.15) is 17.5 Å². The molecule has 0 spiro atoms. The first kappa shape index (κ1) is 20.9. The van der Waals surface area contributed by atoms with Gasteiger partial charge in [-0.25, -0.2) is 18.5 Å². The Morgan fingerprint density at radius 2 is 2.13 bits per heavy atom. The minimum absolute atomic E-state index is 0.0319. The number of phenols is 1. The minimum atomic E-state index is -3.84. The number of azo groups is 1. The van der Waals surface area contributed by atoms with Gasteiger partial charge in [-0.15, -0.1) is 10.2 Å². The summed E-state index contributed by atoms with van der Waals surface area (Å²) >= 11 is 1.12. The molecule has 0 bridgehead atoms. The number of phenolic OH excluding ortho intramolecular Hbond substituents is 1. The highest BCUT2D eigenvalue weighted by Gasteiger charge is 2.28. The fourth-order valence-corrected chi connectivity index (χ4v) is 4.89. The molecule has 4 rings (SSSR count). The number of benzene rings is 2. The van der Waals surface area contributed by atoms with Crippen molar-refractivity contribution in [1.29, 1.82) is 5.26 Å². The zero-order valence-electron chi connectivity index (χ0n) is 16.2. The first-order valence-electron chi connectivity index (χ1n) is 9.11. The number of anilines is 1. The summed E-state index contributed by atoms with van der Waals surface area (Å²) < 4.78 is 23.7. The fraction of sp³-hybridized carbons (Fsp3) is 0.211. The average Bonchev–Trinajstić information content (AvgIpc) is 3.14. The molecule has 1 amide bonds. The summed E-state index contributed by atoms with van der Waals surface area (Å²) in [5.41, 5.74) is 1.75. The van der Waals surface area contributed by atoms with Crippen LogP contribution in [0.5, 0.6) is 5.75 Å². The van der Waals surface area contributed by atoms with Gasteiger partial charge in [-0.2, -0.15) is 5.26 Å². The molecule has 1 aromatic heterocycles. The van der Waals surface area contributed by atoms with Gasteiger partial charge in [0.05, 0.1) is 26.4 Å². The van der Waals surface area contributed by atoms with Gasteiger partial charge in [-0.3, -0.25) is 4.79 Å². The maximum Gasteiger partial charge on any atom is 0.238 e. The molecule has 0 atom stereocenters. The van der Waals surface area contributed by atoms with Crippen LogP contribution in [0.1, 0.15) is 24.5 Å². The first-order valence-corrected chi connectivity index (χ1v) is 11.5. The van der Waals surface area contributed by atoms with E-state index in [4.69, 9.17) is 5.14 Å². The van der Waals surface area contributed by atoms with Crippen LogP contribution in [0.4, 0.5) is 16.5 Å². The van der Waals surface area contributed by atoms with Crippen LogP contribution >= 0.6 is 11.3 Å². The number of fused-ring (bicyclic) bond motifs is 2. The fourth-order valence-electron chi connectivity index (χ4n) is 3.45. The van der Waals surface area contributed by atoms with Gasteiger partial charge >= 0.3 is 0 Å². The summed E-state index contributed by atoms with van der Waals surface area (Å²) in [5.74, 6) is -0.366. The summed E-state index contributed by atoms with van der Waals surface area (Å²) in [6.45, 7) is 1.88. The van der Waals surface area contributed by atoms with Crippen LogP contribution < -0.4 is 10.0 Å². The van der Waals surface area contributed by atoms with Crippen molar-refractivity contribution < 1.29 is 18.3 Å². The molecule has 10 nitrogen and oxygen atoms in total. The molecule has 1 aliphatic heterocycles. The van der Waals surface area contributed by atoms with E-state index in [-0.39, 0.29) is 32.9 Å². The number of hydrogen-bond donors (Lipinski definition) is 2. The maximum atomic E-state index is 12.1. The lowest BCUT2D eigenvalue weighted by Gasteiger charge is -2.30. The number of nitrogens with zero attached hydrogens (tertiary/aromatic N) is 5. The molecule has 0 aliphatic carbocycles. The van der Waals surface area contributed by atoms with Crippen molar-refractivity contribution in [1.82, 2.24) is 4.98 Å². The molecule has 2 aromatic carbocycles. The van der Waals surface area contributed by atoms with E-state index in [1.54, 1.807) is 0 Å². The number of thiazole rings is 1. The standard InChI is InChI=1S/C19H16N6O4S2/c1-10(26)25-6-2-3-13-17(25)15(7-11(9-20)18(13)27)23-24-19-22-14-5-4-12(31(21,28)29)8-16(14)30-19/h4-5,7-8,27H,2-3,6H2,1H3,(H2,21,28,29). The van der Waals surface area contributed by atoms with E-state index in [0.29, 0.717) is 40.9 Å². The number of rotatable bonds is 3. The van der Waals surface area contributed by atoms with Crippen molar-refractivity contribution in [2.45, 2.75) is 24.7 Å². The number of carbonyl (C=O) groups excluding carboxylic acids is 1. The van der Waals surface area contributed by atoms with Gasteiger partial charge in [0, 0.05) is 19.0 Å².